The average molecular weight is 1150 g/mol. The number of hydrogen-bond acceptors (Lipinski definition) is 19. The van der Waals surface area contributed by atoms with Gasteiger partial charge in [-0.05, 0) is 18.8 Å². The molecular weight excluding hydrogens is 1040 g/mol. The maximum atomic E-state index is 13.6. The minimum absolute atomic E-state index is 0.0657. The number of carbonyl (C=O) groups excluding carboxylic acids is 2. The Kier molecular flexibility index (Phi) is 39.3. The second kappa shape index (κ2) is 42.6. The number of hydrogen-bond donors (Lipinski definition) is 15. The first-order chi connectivity index (χ1) is 38.2. The molecule has 0 aliphatic carbocycles. The highest BCUT2D eigenvalue weighted by molar-refractivity contribution is 5.80. The summed E-state index contributed by atoms with van der Waals surface area (Å²) < 4.78 is 22.9. The van der Waals surface area contributed by atoms with E-state index in [1.807, 2.05) is 0 Å². The molecule has 2 fully saturated rings. The van der Waals surface area contributed by atoms with E-state index in [4.69, 9.17) is 24.7 Å². The van der Waals surface area contributed by atoms with Gasteiger partial charge in [-0.1, -0.05) is 207 Å². The molecule has 2 aliphatic heterocycles. The van der Waals surface area contributed by atoms with Gasteiger partial charge in [-0.2, -0.15) is 0 Å². The monoisotopic (exact) mass is 1150 g/mol. The Morgan fingerprint density at radius 2 is 1.10 bits per heavy atom. The Labute approximate surface area is 476 Å². The second-order valence-electron chi connectivity index (χ2n) is 23.3. The second-order valence-corrected chi connectivity index (χ2v) is 23.3. The highest BCUT2D eigenvalue weighted by atomic mass is 16.7. The van der Waals surface area contributed by atoms with Crippen molar-refractivity contribution in [3.8, 4) is 0 Å². The van der Waals surface area contributed by atoms with Crippen LogP contribution in [-0.2, 0) is 33.3 Å². The third-order valence-corrected chi connectivity index (χ3v) is 15.8. The summed E-state index contributed by atoms with van der Waals surface area (Å²) in [5.41, 5.74) is 6.49. The van der Waals surface area contributed by atoms with Gasteiger partial charge >= 0.3 is 5.97 Å². The van der Waals surface area contributed by atoms with Crippen molar-refractivity contribution >= 4 is 17.8 Å². The van der Waals surface area contributed by atoms with Crippen LogP contribution in [0.2, 0.25) is 0 Å². The van der Waals surface area contributed by atoms with Gasteiger partial charge in [0.05, 0.1) is 43.6 Å². The lowest BCUT2D eigenvalue weighted by Crippen LogP contribution is -2.69. The summed E-state index contributed by atoms with van der Waals surface area (Å²) in [5, 5.41) is 133. The molecule has 22 nitrogen and oxygen atoms in total. The molecular formula is C58H111N3O19. The van der Waals surface area contributed by atoms with Crippen LogP contribution in [-0.4, -0.2) is 196 Å². The van der Waals surface area contributed by atoms with E-state index in [9.17, 15) is 75.7 Å². The molecule has 22 heteroatoms. The molecule has 1 unspecified atom stereocenters. The van der Waals surface area contributed by atoms with E-state index in [1.165, 1.54) is 109 Å². The van der Waals surface area contributed by atoms with E-state index in [0.717, 1.165) is 64.2 Å². The Hall–Kier alpha value is -2.23. The Morgan fingerprint density at radius 3 is 1.55 bits per heavy atom. The largest absolute Gasteiger partial charge is 0.477 e. The van der Waals surface area contributed by atoms with Gasteiger partial charge in [0.25, 0.3) is 11.7 Å². The predicted molar refractivity (Wildman–Crippen MR) is 299 cm³/mol. The van der Waals surface area contributed by atoms with Crippen LogP contribution in [0.15, 0.2) is 0 Å². The van der Waals surface area contributed by atoms with Crippen LogP contribution in [0.25, 0.3) is 0 Å². The van der Waals surface area contributed by atoms with Crippen molar-refractivity contribution < 1.29 is 94.6 Å². The first kappa shape index (κ1) is 73.9. The molecule has 16 atom stereocenters. The van der Waals surface area contributed by atoms with E-state index >= 15 is 0 Å². The summed E-state index contributed by atoms with van der Waals surface area (Å²) in [6.07, 6.45) is 7.58. The summed E-state index contributed by atoms with van der Waals surface area (Å²) in [6, 6.07) is -3.31. The Balaban J connectivity index is 2.07. The van der Waals surface area contributed by atoms with Crippen LogP contribution >= 0.6 is 0 Å². The molecule has 16 N–H and O–H groups in total. The topological polar surface area (TPSA) is 381 Å². The van der Waals surface area contributed by atoms with Gasteiger partial charge in [-0.25, -0.2) is 4.79 Å². The molecule has 2 aliphatic rings. The molecule has 0 aromatic carbocycles. The summed E-state index contributed by atoms with van der Waals surface area (Å²) in [7, 11) is 0. The minimum atomic E-state index is -2.94. The van der Waals surface area contributed by atoms with Crippen LogP contribution in [0.4, 0.5) is 0 Å². The van der Waals surface area contributed by atoms with E-state index in [2.05, 4.69) is 31.4 Å². The molecule has 2 amide bonds. The standard InChI is InChI=1S/C58H111N3O19/c1-4-5-6-7-8-9-10-11-12-13-14-15-16-17-18-19-20-25-28-31-34-41(65)54(74)61-55(46(59)48(69)40(64)33-30-27-24-22-21-23-26-29-32-39(2)3)79-56-52(73)51(72)50(71)44(78-56)38-77-58(57(75)76)35-42(66)47(60-45(68)37-63)53(80-58)49(70)43(67)36-62/h39-44,46-53,55-56,62-67,69-73H,4-38,59H2,1-3H3,(H,60,68)(H,61,74)(H,75,76)/t40-,41-,42+,43-,44-,46+,47-,48-,49-,50-,51+,52-,53-,55?,56+,58-/m1/s1. The van der Waals surface area contributed by atoms with Crippen molar-refractivity contribution in [2.75, 3.05) is 19.8 Å². The van der Waals surface area contributed by atoms with Crippen LogP contribution in [0.3, 0.4) is 0 Å². The molecule has 80 heavy (non-hydrogen) atoms. The maximum absolute atomic E-state index is 13.6. The first-order valence-electron chi connectivity index (χ1n) is 30.8. The molecule has 0 aromatic rings. The van der Waals surface area contributed by atoms with E-state index in [0.29, 0.717) is 18.8 Å². The smallest absolute Gasteiger partial charge is 0.364 e. The van der Waals surface area contributed by atoms with Crippen molar-refractivity contribution in [2.24, 2.45) is 11.7 Å². The fourth-order valence-electron chi connectivity index (χ4n) is 10.6. The summed E-state index contributed by atoms with van der Waals surface area (Å²) in [4.78, 5) is 38.5. The number of carboxylic acid groups (broad SMARTS) is 1. The zero-order valence-electron chi connectivity index (χ0n) is 48.8. The molecule has 0 aromatic heterocycles. The summed E-state index contributed by atoms with van der Waals surface area (Å²) in [6.45, 7) is 3.49. The fourth-order valence-corrected chi connectivity index (χ4v) is 10.6. The SMILES string of the molecule is CCCCCCCCCCCCCCCCCCCCCC[C@@H](O)C(=O)NC(O[C@@H]1O[C@H](CO[C@]2(C(=O)O)C[C@H](O)[C@@H](NC(=O)CO)[C@H]([C@H](O)[C@H](O)CO)O2)[C@@H](O)[C@H](O)[C@H]1O)[C@@H](N)[C@H](O)[C@H](O)CCCCCCCCCCC(C)C. The van der Waals surface area contributed by atoms with Gasteiger partial charge in [0.2, 0.25) is 5.91 Å². The quantitative estimate of drug-likeness (QED) is 0.0306. The van der Waals surface area contributed by atoms with Crippen LogP contribution in [0.1, 0.15) is 226 Å². The van der Waals surface area contributed by atoms with Crippen LogP contribution in [0, 0.1) is 5.92 Å². The zero-order valence-corrected chi connectivity index (χ0v) is 48.8. The van der Waals surface area contributed by atoms with Gasteiger partial charge in [-0.3, -0.25) is 9.59 Å². The van der Waals surface area contributed by atoms with Crippen molar-refractivity contribution in [3.05, 3.63) is 0 Å². The number of aliphatic carboxylic acids is 1. The number of ether oxygens (including phenoxy) is 4. The number of unbranched alkanes of at least 4 members (excludes halogenated alkanes) is 26. The summed E-state index contributed by atoms with van der Waals surface area (Å²) >= 11 is 0. The third-order valence-electron chi connectivity index (χ3n) is 15.8. The fraction of sp³-hybridized carbons (Fsp3) is 0.948. The van der Waals surface area contributed by atoms with Crippen molar-refractivity contribution in [3.63, 3.8) is 0 Å². The number of aliphatic hydroxyl groups excluding tert-OH is 11. The number of aliphatic hydroxyl groups is 11. The average Bonchev–Trinajstić information content (AvgIpc) is 3.47. The normalized spacial score (nSPS) is 26.1. The molecule has 2 heterocycles. The number of rotatable bonds is 48. The number of nitrogens with one attached hydrogen (secondary N) is 2. The third kappa shape index (κ3) is 28.1. The highest BCUT2D eigenvalue weighted by Gasteiger charge is 2.57. The first-order valence-corrected chi connectivity index (χ1v) is 30.8. The number of carboxylic acids is 1. The van der Waals surface area contributed by atoms with Gasteiger partial charge < -0.3 is 96.6 Å². The lowest BCUT2D eigenvalue weighted by molar-refractivity contribution is -0.344. The van der Waals surface area contributed by atoms with E-state index in [-0.39, 0.29) is 12.8 Å². The van der Waals surface area contributed by atoms with E-state index < -0.39 is 142 Å². The summed E-state index contributed by atoms with van der Waals surface area (Å²) in [5.74, 6) is -6.21. The van der Waals surface area contributed by atoms with Crippen molar-refractivity contribution in [1.29, 1.82) is 0 Å². The van der Waals surface area contributed by atoms with Crippen LogP contribution < -0.4 is 16.4 Å². The van der Waals surface area contributed by atoms with Gasteiger partial charge in [0.15, 0.2) is 12.5 Å². The minimum Gasteiger partial charge on any atom is -0.477 e. The number of nitrogens with two attached hydrogens (primary N) is 1. The predicted octanol–water partition coefficient (Wildman–Crippen LogP) is 3.57. The Morgan fingerprint density at radius 1 is 0.637 bits per heavy atom. The molecule has 0 spiro atoms. The zero-order chi connectivity index (χ0) is 59.5. The molecule has 0 bridgehead atoms. The lowest BCUT2D eigenvalue weighted by Gasteiger charge is -2.47. The van der Waals surface area contributed by atoms with Crippen LogP contribution in [0.5, 0.6) is 0 Å². The number of amides is 2. The molecule has 2 saturated heterocycles. The van der Waals surface area contributed by atoms with Gasteiger partial charge in [0, 0.05) is 6.42 Å². The number of carbonyl (C=O) groups is 3. The van der Waals surface area contributed by atoms with Gasteiger partial charge in [-0.15, -0.1) is 0 Å². The molecule has 2 rings (SSSR count). The highest BCUT2D eigenvalue weighted by Crippen LogP contribution is 2.35. The molecule has 0 saturated carbocycles. The van der Waals surface area contributed by atoms with Gasteiger partial charge in [0.1, 0.15) is 55.4 Å². The molecule has 472 valence electrons. The van der Waals surface area contributed by atoms with E-state index in [1.54, 1.807) is 0 Å². The van der Waals surface area contributed by atoms with Crippen molar-refractivity contribution in [1.82, 2.24) is 10.6 Å². The lowest BCUT2D eigenvalue weighted by atomic mass is 9.88. The maximum Gasteiger partial charge on any atom is 0.364 e. The van der Waals surface area contributed by atoms with Crippen molar-refractivity contribution in [2.45, 2.75) is 324 Å². The Bertz CT molecular complexity index is 1610. The molecule has 0 radical (unpaired) electrons.